The molecule has 0 saturated heterocycles. The molecule has 8 heteroatoms. The number of benzene rings is 1. The van der Waals surface area contributed by atoms with Gasteiger partial charge in [-0.2, -0.15) is 0 Å². The third-order valence-corrected chi connectivity index (χ3v) is 3.17. The molecule has 0 aliphatic heterocycles. The van der Waals surface area contributed by atoms with E-state index in [0.29, 0.717) is 23.7 Å². The highest BCUT2D eigenvalue weighted by molar-refractivity contribution is 6.36. The maximum atomic E-state index is 11.8. The summed E-state index contributed by atoms with van der Waals surface area (Å²) in [6.45, 7) is 0.427. The van der Waals surface area contributed by atoms with Crippen molar-refractivity contribution in [2.24, 2.45) is 0 Å². The average Bonchev–Trinajstić information content (AvgIpc) is 2.41. The second kappa shape index (κ2) is 8.71. The number of halogens is 2. The summed E-state index contributed by atoms with van der Waals surface area (Å²) in [5.74, 6) is -1.11. The molecule has 0 radical (unpaired) electrons. The van der Waals surface area contributed by atoms with Crippen LogP contribution in [0.4, 0.5) is 10.5 Å². The third-order valence-electron chi connectivity index (χ3n) is 2.62. The van der Waals surface area contributed by atoms with Crippen molar-refractivity contribution in [1.29, 1.82) is 0 Å². The highest BCUT2D eigenvalue weighted by Gasteiger charge is 2.19. The van der Waals surface area contributed by atoms with Gasteiger partial charge in [-0.3, -0.25) is 0 Å². The molecule has 116 valence electrons. The number of methoxy groups -OCH3 is 1. The van der Waals surface area contributed by atoms with Crippen LogP contribution in [0.3, 0.4) is 0 Å². The number of urea groups is 1. The Labute approximate surface area is 132 Å². The fourth-order valence-electron chi connectivity index (χ4n) is 1.60. The normalized spacial score (nSPS) is 11.8. The summed E-state index contributed by atoms with van der Waals surface area (Å²) < 4.78 is 4.85. The van der Waals surface area contributed by atoms with Gasteiger partial charge in [-0.05, 0) is 31.0 Å². The van der Waals surface area contributed by atoms with Gasteiger partial charge < -0.3 is 20.5 Å². The van der Waals surface area contributed by atoms with Crippen LogP contribution < -0.4 is 10.6 Å². The van der Waals surface area contributed by atoms with Crippen molar-refractivity contribution in [1.82, 2.24) is 5.32 Å². The van der Waals surface area contributed by atoms with Gasteiger partial charge in [-0.25, -0.2) is 9.59 Å². The molecule has 0 aliphatic carbocycles. The lowest BCUT2D eigenvalue weighted by Gasteiger charge is -2.15. The molecule has 1 aromatic carbocycles. The first-order chi connectivity index (χ1) is 9.93. The predicted molar refractivity (Wildman–Crippen MR) is 81.2 cm³/mol. The summed E-state index contributed by atoms with van der Waals surface area (Å²) in [4.78, 5) is 22.9. The number of amides is 2. The number of hydrogen-bond donors (Lipinski definition) is 3. The number of carboxylic acid groups (broad SMARTS) is 1. The first-order valence-corrected chi connectivity index (χ1v) is 6.94. The molecular weight excluding hydrogens is 319 g/mol. The van der Waals surface area contributed by atoms with Gasteiger partial charge in [-0.15, -0.1) is 0 Å². The molecule has 2 amide bonds. The largest absolute Gasteiger partial charge is 0.480 e. The van der Waals surface area contributed by atoms with Crippen LogP contribution >= 0.6 is 23.2 Å². The Morgan fingerprint density at radius 3 is 2.67 bits per heavy atom. The topological polar surface area (TPSA) is 87.7 Å². The Bertz CT molecular complexity index is 511. The van der Waals surface area contributed by atoms with Gasteiger partial charge in [0, 0.05) is 18.7 Å². The molecule has 0 saturated carbocycles. The van der Waals surface area contributed by atoms with Crippen molar-refractivity contribution >= 4 is 40.9 Å². The smallest absolute Gasteiger partial charge is 0.326 e. The zero-order valence-electron chi connectivity index (χ0n) is 11.4. The van der Waals surface area contributed by atoms with Crippen LogP contribution in [0.15, 0.2) is 18.2 Å². The molecule has 1 unspecified atom stereocenters. The number of anilines is 1. The lowest BCUT2D eigenvalue weighted by atomic mass is 10.1. The van der Waals surface area contributed by atoms with E-state index < -0.39 is 18.0 Å². The van der Waals surface area contributed by atoms with E-state index in [2.05, 4.69) is 10.6 Å². The van der Waals surface area contributed by atoms with E-state index in [1.165, 1.54) is 19.2 Å². The van der Waals surface area contributed by atoms with Crippen molar-refractivity contribution in [3.63, 3.8) is 0 Å². The highest BCUT2D eigenvalue weighted by Crippen LogP contribution is 2.25. The van der Waals surface area contributed by atoms with Gasteiger partial charge in [0.1, 0.15) is 6.04 Å². The lowest BCUT2D eigenvalue weighted by Crippen LogP contribution is -2.43. The summed E-state index contributed by atoms with van der Waals surface area (Å²) in [6, 6.07) is 2.93. The Morgan fingerprint density at radius 1 is 1.38 bits per heavy atom. The molecule has 1 rings (SSSR count). The van der Waals surface area contributed by atoms with Gasteiger partial charge in [0.15, 0.2) is 0 Å². The highest BCUT2D eigenvalue weighted by atomic mass is 35.5. The zero-order valence-corrected chi connectivity index (χ0v) is 12.9. The number of carbonyl (C=O) groups is 2. The minimum Gasteiger partial charge on any atom is -0.480 e. The molecule has 0 aromatic heterocycles. The number of carbonyl (C=O) groups excluding carboxylic acids is 1. The van der Waals surface area contributed by atoms with Gasteiger partial charge in [0.2, 0.25) is 0 Å². The monoisotopic (exact) mass is 334 g/mol. The maximum absolute atomic E-state index is 11.8. The minimum absolute atomic E-state index is 0.268. The summed E-state index contributed by atoms with van der Waals surface area (Å²) in [7, 11) is 1.53. The van der Waals surface area contributed by atoms with E-state index in [-0.39, 0.29) is 11.4 Å². The molecule has 1 aromatic rings. The van der Waals surface area contributed by atoms with E-state index in [0.717, 1.165) is 0 Å². The Kier molecular flexibility index (Phi) is 7.28. The molecule has 3 N–H and O–H groups in total. The van der Waals surface area contributed by atoms with Crippen molar-refractivity contribution in [3.05, 3.63) is 28.2 Å². The van der Waals surface area contributed by atoms with Gasteiger partial charge in [-0.1, -0.05) is 23.2 Å². The second-order valence-electron chi connectivity index (χ2n) is 4.25. The van der Waals surface area contributed by atoms with Crippen LogP contribution in [0, 0.1) is 0 Å². The van der Waals surface area contributed by atoms with Crippen molar-refractivity contribution in [2.75, 3.05) is 19.0 Å². The molecule has 0 fully saturated rings. The number of nitrogens with one attached hydrogen (secondary N) is 2. The van der Waals surface area contributed by atoms with Gasteiger partial charge in [0.05, 0.1) is 10.7 Å². The van der Waals surface area contributed by atoms with Crippen molar-refractivity contribution < 1.29 is 19.4 Å². The third kappa shape index (κ3) is 6.20. The number of carboxylic acids is 1. The van der Waals surface area contributed by atoms with Crippen LogP contribution in [0.25, 0.3) is 0 Å². The fraction of sp³-hybridized carbons (Fsp3) is 0.385. The quantitative estimate of drug-likeness (QED) is 0.669. The molecule has 21 heavy (non-hydrogen) atoms. The SMILES string of the molecule is COCCCC(NC(=O)Nc1ccc(Cl)cc1Cl)C(=O)O. The second-order valence-corrected chi connectivity index (χ2v) is 5.09. The van der Waals surface area contributed by atoms with E-state index in [1.807, 2.05) is 0 Å². The summed E-state index contributed by atoms with van der Waals surface area (Å²) >= 11 is 11.7. The van der Waals surface area contributed by atoms with Crippen LogP contribution in [-0.2, 0) is 9.53 Å². The fourth-order valence-corrected chi connectivity index (χ4v) is 2.05. The summed E-state index contributed by atoms with van der Waals surface area (Å²) in [5, 5.41) is 14.6. The predicted octanol–water partition coefficient (Wildman–Crippen LogP) is 2.99. The average molecular weight is 335 g/mol. The number of ether oxygens (including phenoxy) is 1. The lowest BCUT2D eigenvalue weighted by molar-refractivity contribution is -0.139. The van der Waals surface area contributed by atoms with Crippen LogP contribution in [-0.4, -0.2) is 36.9 Å². The number of hydrogen-bond acceptors (Lipinski definition) is 3. The van der Waals surface area contributed by atoms with Crippen LogP contribution in [0.2, 0.25) is 10.0 Å². The number of aliphatic carboxylic acids is 1. The van der Waals surface area contributed by atoms with Crippen molar-refractivity contribution in [2.45, 2.75) is 18.9 Å². The minimum atomic E-state index is -1.11. The molecular formula is C13H16Cl2N2O4. The van der Waals surface area contributed by atoms with Crippen LogP contribution in [0.1, 0.15) is 12.8 Å². The first-order valence-electron chi connectivity index (χ1n) is 6.18. The molecule has 0 heterocycles. The Balaban J connectivity index is 2.59. The zero-order chi connectivity index (χ0) is 15.8. The van der Waals surface area contributed by atoms with E-state index in [1.54, 1.807) is 6.07 Å². The van der Waals surface area contributed by atoms with E-state index in [9.17, 15) is 9.59 Å². The molecule has 1 atom stereocenters. The summed E-state index contributed by atoms with van der Waals surface area (Å²) in [6.07, 6.45) is 0.792. The molecule has 0 aliphatic rings. The summed E-state index contributed by atoms with van der Waals surface area (Å²) in [5.41, 5.74) is 0.347. The first kappa shape index (κ1) is 17.6. The van der Waals surface area contributed by atoms with Crippen LogP contribution in [0.5, 0.6) is 0 Å². The Hall–Kier alpha value is -1.50. The maximum Gasteiger partial charge on any atom is 0.326 e. The molecule has 6 nitrogen and oxygen atoms in total. The van der Waals surface area contributed by atoms with Gasteiger partial charge in [0.25, 0.3) is 0 Å². The Morgan fingerprint density at radius 2 is 2.10 bits per heavy atom. The van der Waals surface area contributed by atoms with E-state index >= 15 is 0 Å². The standard InChI is InChI=1S/C13H16Cl2N2O4/c1-21-6-2-3-11(12(18)19)17-13(20)16-10-5-4-8(14)7-9(10)15/h4-5,7,11H,2-3,6H2,1H3,(H,18,19)(H2,16,17,20). The van der Waals surface area contributed by atoms with Gasteiger partial charge >= 0.3 is 12.0 Å². The molecule has 0 bridgehead atoms. The molecule has 0 spiro atoms. The van der Waals surface area contributed by atoms with E-state index in [4.69, 9.17) is 33.0 Å². The number of rotatable bonds is 7. The van der Waals surface area contributed by atoms with Crippen molar-refractivity contribution in [3.8, 4) is 0 Å².